The number of halogens is 3. The molecule has 8 heteroatoms. The fraction of sp³-hybridized carbons (Fsp3) is 0.105. The average molecular weight is 438 g/mol. The molecule has 2 aromatic carbocycles. The Labute approximate surface area is 175 Å². The molecule has 1 aliphatic carbocycles. The van der Waals surface area contributed by atoms with Gasteiger partial charge in [0.2, 0.25) is 0 Å². The van der Waals surface area contributed by atoms with Gasteiger partial charge in [0.25, 0.3) is 5.91 Å². The quantitative estimate of drug-likeness (QED) is 0.355. The molecule has 0 atom stereocenters. The molecule has 1 saturated heterocycles. The van der Waals surface area contributed by atoms with Gasteiger partial charge in [-0.15, -0.1) is 0 Å². The lowest BCUT2D eigenvalue weighted by Crippen LogP contribution is -2.52. The van der Waals surface area contributed by atoms with Crippen LogP contribution in [0.15, 0.2) is 35.9 Å². The summed E-state index contributed by atoms with van der Waals surface area (Å²) in [4.78, 5) is 27.7. The Kier molecular flexibility index (Phi) is 4.31. The van der Waals surface area contributed by atoms with Crippen molar-refractivity contribution >= 4 is 69.5 Å². The largest absolute Gasteiger partial charge is 0.331 e. The molecule has 2 aliphatic rings. The molecule has 0 spiro atoms. The monoisotopic (exact) mass is 436 g/mol. The van der Waals surface area contributed by atoms with Crippen LogP contribution in [0.2, 0.25) is 15.1 Å². The van der Waals surface area contributed by atoms with E-state index in [0.29, 0.717) is 26.2 Å². The fourth-order valence-corrected chi connectivity index (χ4v) is 4.47. The Morgan fingerprint density at radius 3 is 2.19 bits per heavy atom. The summed E-state index contributed by atoms with van der Waals surface area (Å²) in [5.41, 5.74) is 3.82. The lowest BCUT2D eigenvalue weighted by Gasteiger charge is -2.32. The molecule has 136 valence electrons. The molecule has 0 radical (unpaired) electrons. The minimum Gasteiger partial charge on any atom is -0.287 e. The third-order valence-corrected chi connectivity index (χ3v) is 5.93. The highest BCUT2D eigenvalue weighted by Gasteiger charge is 2.40. The van der Waals surface area contributed by atoms with E-state index in [2.05, 4.69) is 0 Å². The van der Waals surface area contributed by atoms with Crippen molar-refractivity contribution in [1.29, 1.82) is 0 Å². The van der Waals surface area contributed by atoms with Crippen molar-refractivity contribution < 1.29 is 9.59 Å². The Balaban J connectivity index is 2.14. The third kappa shape index (κ3) is 2.61. The first-order chi connectivity index (χ1) is 12.7. The molecule has 2 aromatic rings. The van der Waals surface area contributed by atoms with Crippen molar-refractivity contribution in [1.82, 2.24) is 9.80 Å². The summed E-state index contributed by atoms with van der Waals surface area (Å²) >= 11 is 24.4. The summed E-state index contributed by atoms with van der Waals surface area (Å²) in [6.45, 7) is 0. The van der Waals surface area contributed by atoms with Gasteiger partial charge >= 0.3 is 6.03 Å². The van der Waals surface area contributed by atoms with E-state index in [0.717, 1.165) is 21.6 Å². The van der Waals surface area contributed by atoms with E-state index in [1.165, 1.54) is 19.0 Å². The smallest absolute Gasteiger partial charge is 0.287 e. The Bertz CT molecular complexity index is 1080. The summed E-state index contributed by atoms with van der Waals surface area (Å²) in [7, 11) is 2.96. The van der Waals surface area contributed by atoms with Crippen LogP contribution >= 0.6 is 47.0 Å². The van der Waals surface area contributed by atoms with E-state index in [9.17, 15) is 9.59 Å². The number of carbonyl (C=O) groups is 2. The highest BCUT2D eigenvalue weighted by atomic mass is 35.5. The normalized spacial score (nSPS) is 18.9. The number of rotatable bonds is 0. The number of likely N-dealkylation sites (N-methyl/N-ethyl adjacent to an activating group) is 2. The maximum absolute atomic E-state index is 13.0. The van der Waals surface area contributed by atoms with Crippen LogP contribution in [0, 0.1) is 0 Å². The highest BCUT2D eigenvalue weighted by Crippen LogP contribution is 2.51. The lowest BCUT2D eigenvalue weighted by atomic mass is 9.95. The first-order valence-corrected chi connectivity index (χ1v) is 9.40. The molecule has 0 N–H and O–H groups in total. The van der Waals surface area contributed by atoms with Gasteiger partial charge in [0.15, 0.2) is 0 Å². The molecule has 1 heterocycles. The highest BCUT2D eigenvalue weighted by molar-refractivity contribution is 7.81. The molecule has 0 saturated carbocycles. The Hall–Kier alpha value is -1.92. The van der Waals surface area contributed by atoms with Crippen LogP contribution in [0.3, 0.4) is 0 Å². The third-order valence-electron chi connectivity index (χ3n) is 4.71. The topological polar surface area (TPSA) is 40.6 Å². The minimum atomic E-state index is -0.483. The van der Waals surface area contributed by atoms with E-state index < -0.39 is 11.9 Å². The summed E-state index contributed by atoms with van der Waals surface area (Å²) in [5, 5.41) is 1.40. The van der Waals surface area contributed by atoms with Crippen molar-refractivity contribution in [2.75, 3.05) is 14.1 Å². The van der Waals surface area contributed by atoms with Gasteiger partial charge in [0, 0.05) is 35.3 Å². The van der Waals surface area contributed by atoms with Crippen LogP contribution in [0.5, 0.6) is 0 Å². The van der Waals surface area contributed by atoms with Gasteiger partial charge < -0.3 is 0 Å². The molecule has 27 heavy (non-hydrogen) atoms. The number of benzene rings is 2. The molecular weight excluding hydrogens is 427 g/mol. The molecule has 0 unspecified atom stereocenters. The summed E-state index contributed by atoms with van der Waals surface area (Å²) in [6, 6.07) is 8.27. The molecule has 1 fully saturated rings. The van der Waals surface area contributed by atoms with Crippen LogP contribution in [-0.2, 0) is 4.79 Å². The number of carbonyl (C=O) groups excluding carboxylic acids is 2. The summed E-state index contributed by atoms with van der Waals surface area (Å²) < 4.78 is 0. The number of urea groups is 1. The molecule has 3 amide bonds. The van der Waals surface area contributed by atoms with E-state index >= 15 is 0 Å². The number of hydrogen-bond donors (Lipinski definition) is 0. The predicted octanol–water partition coefficient (Wildman–Crippen LogP) is 5.28. The number of thiocarbonyl (C=S) groups is 1. The standard InChI is InChI=1S/C19H11Cl3N2O2S/c1-23-17(25)16(18(27)24(2)19(23)26)15-11-5-8(20)3-4-10(11)14-12(15)6-9(21)7-13(14)22/h3-7H,1-2H3. The van der Waals surface area contributed by atoms with Gasteiger partial charge in [-0.1, -0.05) is 53.1 Å². The molecular formula is C19H11Cl3N2O2S. The average Bonchev–Trinajstić information content (AvgIpc) is 2.92. The number of amides is 3. The predicted molar refractivity (Wildman–Crippen MR) is 111 cm³/mol. The second-order valence-electron chi connectivity index (χ2n) is 6.26. The Morgan fingerprint density at radius 2 is 1.48 bits per heavy atom. The second-order valence-corrected chi connectivity index (χ2v) is 7.93. The maximum atomic E-state index is 13.0. The van der Waals surface area contributed by atoms with Crippen LogP contribution in [0.1, 0.15) is 11.1 Å². The van der Waals surface area contributed by atoms with Crippen LogP contribution in [0.25, 0.3) is 16.7 Å². The maximum Gasteiger partial charge on any atom is 0.331 e. The summed E-state index contributed by atoms with van der Waals surface area (Å²) in [6.07, 6.45) is 0. The van der Waals surface area contributed by atoms with E-state index in [-0.39, 0.29) is 10.6 Å². The van der Waals surface area contributed by atoms with Crippen molar-refractivity contribution in [3.63, 3.8) is 0 Å². The number of nitrogens with zero attached hydrogens (tertiary/aromatic N) is 2. The fourth-order valence-electron chi connectivity index (χ4n) is 3.44. The van der Waals surface area contributed by atoms with Gasteiger partial charge in [-0.05, 0) is 41.0 Å². The molecule has 0 bridgehead atoms. The minimum absolute atomic E-state index is 0.146. The van der Waals surface area contributed by atoms with Crippen molar-refractivity contribution in [2.24, 2.45) is 0 Å². The van der Waals surface area contributed by atoms with Crippen molar-refractivity contribution in [3.05, 3.63) is 62.1 Å². The van der Waals surface area contributed by atoms with Gasteiger partial charge in [-0.2, -0.15) is 0 Å². The van der Waals surface area contributed by atoms with E-state index in [1.54, 1.807) is 24.3 Å². The Morgan fingerprint density at radius 1 is 0.815 bits per heavy atom. The van der Waals surface area contributed by atoms with Crippen LogP contribution in [-0.4, -0.2) is 40.8 Å². The van der Waals surface area contributed by atoms with Gasteiger partial charge in [0.1, 0.15) is 4.99 Å². The molecule has 1 aliphatic heterocycles. The number of fused-ring (bicyclic) bond motifs is 3. The zero-order chi connectivity index (χ0) is 19.6. The van der Waals surface area contributed by atoms with Crippen LogP contribution in [0.4, 0.5) is 4.79 Å². The van der Waals surface area contributed by atoms with E-state index in [4.69, 9.17) is 47.0 Å². The zero-order valence-electron chi connectivity index (χ0n) is 14.1. The number of imide groups is 1. The van der Waals surface area contributed by atoms with Gasteiger partial charge in [-0.25, -0.2) is 4.79 Å². The lowest BCUT2D eigenvalue weighted by molar-refractivity contribution is -0.123. The SMILES string of the molecule is CN1C(=O)C(=C2c3cc(Cl)ccc3-c3c(Cl)cc(Cl)cc32)C(=S)N(C)C1=O. The summed E-state index contributed by atoms with van der Waals surface area (Å²) in [5.74, 6) is -0.479. The first-order valence-electron chi connectivity index (χ1n) is 7.86. The van der Waals surface area contributed by atoms with Crippen molar-refractivity contribution in [3.8, 4) is 11.1 Å². The van der Waals surface area contributed by atoms with E-state index in [1.807, 2.05) is 6.07 Å². The first kappa shape index (κ1) is 18.4. The molecule has 4 nitrogen and oxygen atoms in total. The van der Waals surface area contributed by atoms with Crippen LogP contribution < -0.4 is 0 Å². The zero-order valence-corrected chi connectivity index (χ0v) is 17.2. The van der Waals surface area contributed by atoms with Crippen molar-refractivity contribution in [2.45, 2.75) is 0 Å². The number of hydrogen-bond acceptors (Lipinski definition) is 3. The van der Waals surface area contributed by atoms with Gasteiger partial charge in [0.05, 0.1) is 10.6 Å². The molecule has 0 aromatic heterocycles. The molecule has 4 rings (SSSR count). The second kappa shape index (κ2) is 6.31. The van der Waals surface area contributed by atoms with Gasteiger partial charge in [-0.3, -0.25) is 14.6 Å².